The van der Waals surface area contributed by atoms with Gasteiger partial charge in [-0.25, -0.2) is 19.6 Å². The number of nitrogens with zero attached hydrogens (tertiary/aromatic N) is 3. The van der Waals surface area contributed by atoms with Crippen LogP contribution < -0.4 is 20.7 Å². The molecule has 54 heavy (non-hydrogen) atoms. The highest BCUT2D eigenvalue weighted by Gasteiger charge is 2.61. The van der Waals surface area contributed by atoms with Crippen molar-refractivity contribution in [1.29, 1.82) is 0 Å². The molecule has 0 bridgehead atoms. The number of likely N-dealkylation sites (tertiary alicyclic amines) is 1. The molecular formula is C40H52N6O7S. The molecule has 3 amide bonds. The normalized spacial score (nSPS) is 23.3. The highest BCUT2D eigenvalue weighted by Crippen LogP contribution is 2.45. The SMILES string of the molecule is C=CC1CC1(NC(=O)C1CC(Oc2c(C)cc(C)c3nc(-c4csc(NC(C)C)n4)ccc23)CN1C(=O)C(NC(=O)OC1CCCC1)C(C)(C)C)C(=O)O. The molecule has 2 aliphatic carbocycles. The van der Waals surface area contributed by atoms with E-state index in [1.54, 1.807) is 0 Å². The van der Waals surface area contributed by atoms with E-state index in [1.807, 2.05) is 58.2 Å². The summed E-state index contributed by atoms with van der Waals surface area (Å²) >= 11 is 1.52. The summed E-state index contributed by atoms with van der Waals surface area (Å²) in [7, 11) is 0. The Morgan fingerprint density at radius 3 is 2.43 bits per heavy atom. The van der Waals surface area contributed by atoms with Crippen LogP contribution in [0.15, 0.2) is 36.2 Å². The van der Waals surface area contributed by atoms with E-state index in [4.69, 9.17) is 19.4 Å². The molecular weight excluding hydrogens is 709 g/mol. The molecule has 3 heterocycles. The van der Waals surface area contributed by atoms with Gasteiger partial charge in [0.05, 0.1) is 17.8 Å². The van der Waals surface area contributed by atoms with E-state index < -0.39 is 58.9 Å². The van der Waals surface area contributed by atoms with E-state index in [9.17, 15) is 24.3 Å². The Hall–Kier alpha value is -4.72. The minimum atomic E-state index is -1.49. The van der Waals surface area contributed by atoms with Gasteiger partial charge in [-0.1, -0.05) is 32.9 Å². The summed E-state index contributed by atoms with van der Waals surface area (Å²) in [6.45, 7) is 17.3. The van der Waals surface area contributed by atoms with E-state index in [0.717, 1.165) is 64.2 Å². The highest BCUT2D eigenvalue weighted by molar-refractivity contribution is 7.14. The fourth-order valence-corrected chi connectivity index (χ4v) is 8.45. The fraction of sp³-hybridized carbons (Fsp3) is 0.550. The van der Waals surface area contributed by atoms with Crippen LogP contribution in [0.2, 0.25) is 0 Å². The number of thiazole rings is 1. The predicted octanol–water partition coefficient (Wildman–Crippen LogP) is 6.37. The molecule has 13 nitrogen and oxygen atoms in total. The lowest BCUT2D eigenvalue weighted by Crippen LogP contribution is -2.59. The maximum absolute atomic E-state index is 14.5. The minimum Gasteiger partial charge on any atom is -0.487 e. The third kappa shape index (κ3) is 8.03. The number of nitrogens with one attached hydrogen (secondary N) is 3. The van der Waals surface area contributed by atoms with Crippen LogP contribution in [0.5, 0.6) is 5.75 Å². The maximum Gasteiger partial charge on any atom is 0.408 e. The Morgan fingerprint density at radius 1 is 1.07 bits per heavy atom. The number of carbonyl (C=O) groups excluding carboxylic acids is 3. The van der Waals surface area contributed by atoms with E-state index >= 15 is 0 Å². The molecule has 1 aliphatic heterocycles. The molecule has 5 atom stereocenters. The van der Waals surface area contributed by atoms with Gasteiger partial charge in [0, 0.05) is 29.1 Å². The summed E-state index contributed by atoms with van der Waals surface area (Å²) in [4.78, 5) is 65.2. The number of anilines is 1. The standard InChI is InChI=1S/C40H52N6O7S/c1-9-24-18-40(24,36(49)50)45-34(47)30-17-26(19-46(30)35(48)33(39(6,7)8)44-38(51)53-25-12-10-11-13-25)52-32-23(5)16-22(4)31-27(32)14-15-28(42-31)29-20-54-37(43-29)41-21(2)3/h9,14-16,20-21,24-26,30,33H,1,10-13,17-19H2,2-8H3,(H,41,43)(H,44,51)(H,45,47)(H,49,50). The number of amides is 3. The van der Waals surface area contributed by atoms with Crippen LogP contribution in [0.3, 0.4) is 0 Å². The predicted molar refractivity (Wildman–Crippen MR) is 208 cm³/mol. The van der Waals surface area contributed by atoms with Gasteiger partial charge in [0.15, 0.2) is 5.13 Å². The zero-order chi connectivity index (χ0) is 39.1. The summed E-state index contributed by atoms with van der Waals surface area (Å²) in [5.41, 5.74) is 1.79. The number of ether oxygens (including phenoxy) is 2. The highest BCUT2D eigenvalue weighted by atomic mass is 32.1. The molecule has 1 saturated heterocycles. The molecule has 2 aromatic heterocycles. The first-order chi connectivity index (χ1) is 25.5. The van der Waals surface area contributed by atoms with Crippen molar-refractivity contribution in [1.82, 2.24) is 25.5 Å². The number of hydrogen-bond donors (Lipinski definition) is 4. The molecule has 5 unspecified atom stereocenters. The van der Waals surface area contributed by atoms with Crippen molar-refractivity contribution < 1.29 is 33.8 Å². The second-order valence-corrected chi connectivity index (χ2v) is 17.2. The Balaban J connectivity index is 1.29. The van der Waals surface area contributed by atoms with Gasteiger partial charge in [-0.3, -0.25) is 9.59 Å². The van der Waals surface area contributed by atoms with Crippen LogP contribution in [0, 0.1) is 25.2 Å². The van der Waals surface area contributed by atoms with Crippen molar-refractivity contribution in [3.8, 4) is 17.1 Å². The smallest absolute Gasteiger partial charge is 0.408 e. The number of rotatable bonds is 12. The number of pyridine rings is 1. The Labute approximate surface area is 320 Å². The van der Waals surface area contributed by atoms with Gasteiger partial charge in [0.2, 0.25) is 11.8 Å². The third-order valence-corrected chi connectivity index (χ3v) is 11.4. The molecule has 3 fully saturated rings. The number of carboxylic acid groups (broad SMARTS) is 1. The number of alkyl carbamates (subject to hydrolysis) is 1. The van der Waals surface area contributed by atoms with Crippen LogP contribution in [-0.4, -0.2) is 86.3 Å². The quantitative estimate of drug-likeness (QED) is 0.152. The summed E-state index contributed by atoms with van der Waals surface area (Å²) in [5.74, 6) is -2.10. The van der Waals surface area contributed by atoms with Crippen molar-refractivity contribution in [3.05, 3.63) is 47.4 Å². The van der Waals surface area contributed by atoms with Crippen LogP contribution in [0.1, 0.15) is 84.3 Å². The molecule has 0 spiro atoms. The lowest BCUT2D eigenvalue weighted by Gasteiger charge is -2.35. The first-order valence-corrected chi connectivity index (χ1v) is 19.6. The van der Waals surface area contributed by atoms with Gasteiger partial charge in [0.25, 0.3) is 0 Å². The molecule has 6 rings (SSSR count). The number of carboxylic acids is 1. The molecule has 3 aromatic rings. The molecule has 3 aliphatic rings. The van der Waals surface area contributed by atoms with Gasteiger partial charge < -0.3 is 35.4 Å². The number of aromatic nitrogens is 2. The summed E-state index contributed by atoms with van der Waals surface area (Å²) in [6.07, 6.45) is 3.81. The van der Waals surface area contributed by atoms with Gasteiger partial charge >= 0.3 is 12.1 Å². The third-order valence-electron chi connectivity index (χ3n) is 10.6. The van der Waals surface area contributed by atoms with Crippen LogP contribution in [-0.2, 0) is 19.1 Å². The van der Waals surface area contributed by atoms with Gasteiger partial charge in [-0.05, 0) is 88.5 Å². The average molecular weight is 761 g/mol. The number of aryl methyl sites for hydroxylation is 2. The molecule has 290 valence electrons. The first kappa shape index (κ1) is 39.0. The Bertz CT molecular complexity index is 1950. The van der Waals surface area contributed by atoms with Gasteiger partial charge in [-0.15, -0.1) is 17.9 Å². The lowest BCUT2D eigenvalue weighted by atomic mass is 9.85. The van der Waals surface area contributed by atoms with Crippen molar-refractivity contribution in [3.63, 3.8) is 0 Å². The van der Waals surface area contributed by atoms with E-state index in [1.165, 1.54) is 22.3 Å². The summed E-state index contributed by atoms with van der Waals surface area (Å²) < 4.78 is 12.4. The number of hydrogen-bond acceptors (Lipinski definition) is 10. The molecule has 0 radical (unpaired) electrons. The second-order valence-electron chi connectivity index (χ2n) is 16.3. The topological polar surface area (TPSA) is 172 Å². The van der Waals surface area contributed by atoms with Crippen molar-refractivity contribution in [2.45, 2.75) is 123 Å². The first-order valence-electron chi connectivity index (χ1n) is 18.8. The number of aliphatic carboxylic acids is 1. The van der Waals surface area contributed by atoms with Crippen LogP contribution >= 0.6 is 11.3 Å². The maximum atomic E-state index is 14.5. The van der Waals surface area contributed by atoms with Crippen LogP contribution in [0.25, 0.3) is 22.3 Å². The zero-order valence-corrected chi connectivity index (χ0v) is 33.0. The Morgan fingerprint density at radius 2 is 1.80 bits per heavy atom. The van der Waals surface area contributed by atoms with Crippen molar-refractivity contribution >= 4 is 51.2 Å². The molecule has 4 N–H and O–H groups in total. The van der Waals surface area contributed by atoms with Gasteiger partial charge in [0.1, 0.15) is 41.3 Å². The number of benzene rings is 1. The monoisotopic (exact) mass is 760 g/mol. The Kier molecular flexibility index (Phi) is 11.0. The van der Waals surface area contributed by atoms with Crippen LogP contribution in [0.4, 0.5) is 9.93 Å². The lowest BCUT2D eigenvalue weighted by molar-refractivity contribution is -0.146. The molecule has 2 saturated carbocycles. The van der Waals surface area contributed by atoms with E-state index in [-0.39, 0.29) is 31.5 Å². The number of carbonyl (C=O) groups is 4. The van der Waals surface area contributed by atoms with Gasteiger partial charge in [-0.2, -0.15) is 0 Å². The van der Waals surface area contributed by atoms with Crippen molar-refractivity contribution in [2.24, 2.45) is 11.3 Å². The summed E-state index contributed by atoms with van der Waals surface area (Å²) in [6, 6.07) is 4.00. The fourth-order valence-electron chi connectivity index (χ4n) is 7.60. The number of fused-ring (bicyclic) bond motifs is 1. The van der Waals surface area contributed by atoms with Crippen molar-refractivity contribution in [2.75, 3.05) is 11.9 Å². The molecule has 1 aromatic carbocycles. The second kappa shape index (κ2) is 15.2. The largest absolute Gasteiger partial charge is 0.487 e. The molecule has 14 heteroatoms. The summed E-state index contributed by atoms with van der Waals surface area (Å²) in [5, 5.41) is 22.5. The minimum absolute atomic E-state index is 0.0264. The zero-order valence-electron chi connectivity index (χ0n) is 32.2. The average Bonchev–Trinajstić information content (AvgIpc) is 3.51. The van der Waals surface area contributed by atoms with E-state index in [0.29, 0.717) is 5.75 Å². The van der Waals surface area contributed by atoms with E-state index in [2.05, 4.69) is 36.4 Å².